The second kappa shape index (κ2) is 6.11. The molecular weight excluding hydrogens is 238 g/mol. The third kappa shape index (κ3) is 3.14. The van der Waals surface area contributed by atoms with Gasteiger partial charge in [0.15, 0.2) is 0 Å². The Labute approximate surface area is 117 Å². The highest BCUT2D eigenvalue weighted by Gasteiger charge is 2.41. The van der Waals surface area contributed by atoms with E-state index in [9.17, 15) is 0 Å². The van der Waals surface area contributed by atoms with E-state index in [-0.39, 0.29) is 5.60 Å². The summed E-state index contributed by atoms with van der Waals surface area (Å²) in [6.07, 6.45) is 11.4. The summed E-state index contributed by atoms with van der Waals surface area (Å²) >= 11 is 0. The van der Waals surface area contributed by atoms with Gasteiger partial charge in [-0.05, 0) is 50.4 Å². The lowest BCUT2D eigenvalue weighted by atomic mass is 9.72. The molecule has 0 aromatic rings. The molecule has 2 N–H and O–H groups in total. The first-order valence-electron chi connectivity index (χ1n) is 8.26. The van der Waals surface area contributed by atoms with Crippen LogP contribution in [0.15, 0.2) is 0 Å². The SMILES string of the molecule is NC(C1CCCCC1)C1CCOC2(CCOCC2)C1. The van der Waals surface area contributed by atoms with E-state index in [1.165, 1.54) is 44.9 Å². The van der Waals surface area contributed by atoms with Gasteiger partial charge in [-0.1, -0.05) is 19.3 Å². The molecular formula is C16H29NO2. The lowest BCUT2D eigenvalue weighted by Gasteiger charge is -2.46. The summed E-state index contributed by atoms with van der Waals surface area (Å²) in [4.78, 5) is 0. The Balaban J connectivity index is 1.60. The summed E-state index contributed by atoms with van der Waals surface area (Å²) in [6, 6.07) is 0.406. The van der Waals surface area contributed by atoms with Crippen molar-refractivity contribution in [3.63, 3.8) is 0 Å². The Morgan fingerprint density at radius 2 is 1.63 bits per heavy atom. The van der Waals surface area contributed by atoms with Gasteiger partial charge in [-0.15, -0.1) is 0 Å². The van der Waals surface area contributed by atoms with Crippen LogP contribution < -0.4 is 5.73 Å². The van der Waals surface area contributed by atoms with Gasteiger partial charge in [0.25, 0.3) is 0 Å². The maximum absolute atomic E-state index is 6.63. The summed E-state index contributed by atoms with van der Waals surface area (Å²) < 4.78 is 11.6. The van der Waals surface area contributed by atoms with Gasteiger partial charge >= 0.3 is 0 Å². The van der Waals surface area contributed by atoms with Crippen molar-refractivity contribution < 1.29 is 9.47 Å². The molecule has 110 valence electrons. The number of hydrogen-bond donors (Lipinski definition) is 1. The van der Waals surface area contributed by atoms with Crippen LogP contribution in [0.1, 0.15) is 57.8 Å². The third-order valence-electron chi connectivity index (χ3n) is 5.67. The normalized spacial score (nSPS) is 34.3. The van der Waals surface area contributed by atoms with E-state index in [0.717, 1.165) is 38.6 Å². The fourth-order valence-corrected chi connectivity index (χ4v) is 4.39. The second-order valence-corrected chi connectivity index (χ2v) is 6.87. The lowest BCUT2D eigenvalue weighted by Crippen LogP contribution is -2.50. The zero-order chi connectivity index (χ0) is 13.1. The highest BCUT2D eigenvalue weighted by molar-refractivity contribution is 4.94. The molecule has 1 aliphatic carbocycles. The molecule has 0 bridgehead atoms. The maximum Gasteiger partial charge on any atom is 0.0729 e. The van der Waals surface area contributed by atoms with Crippen molar-refractivity contribution in [2.24, 2.45) is 17.6 Å². The smallest absolute Gasteiger partial charge is 0.0729 e. The monoisotopic (exact) mass is 267 g/mol. The minimum absolute atomic E-state index is 0.105. The lowest BCUT2D eigenvalue weighted by molar-refractivity contribution is -0.150. The largest absolute Gasteiger partial charge is 0.381 e. The van der Waals surface area contributed by atoms with Crippen LogP contribution in [0.4, 0.5) is 0 Å². The third-order valence-corrected chi connectivity index (χ3v) is 5.67. The van der Waals surface area contributed by atoms with Crippen LogP contribution in [0.25, 0.3) is 0 Å². The Kier molecular flexibility index (Phi) is 4.45. The van der Waals surface area contributed by atoms with Crippen LogP contribution in [0.3, 0.4) is 0 Å². The van der Waals surface area contributed by atoms with E-state index in [0.29, 0.717) is 12.0 Å². The predicted octanol–water partition coefficient (Wildman–Crippen LogP) is 2.87. The molecule has 0 amide bonds. The predicted molar refractivity (Wildman–Crippen MR) is 76.0 cm³/mol. The topological polar surface area (TPSA) is 44.5 Å². The van der Waals surface area contributed by atoms with Crippen LogP contribution in [0.2, 0.25) is 0 Å². The number of rotatable bonds is 2. The molecule has 2 atom stereocenters. The molecule has 0 radical (unpaired) electrons. The van der Waals surface area contributed by atoms with Crippen LogP contribution in [0.5, 0.6) is 0 Å². The minimum Gasteiger partial charge on any atom is -0.381 e. The Bertz CT molecular complexity index is 277. The average Bonchev–Trinajstić information content (AvgIpc) is 2.48. The summed E-state index contributed by atoms with van der Waals surface area (Å²) in [5, 5.41) is 0. The molecule has 0 aromatic carbocycles. The Morgan fingerprint density at radius 1 is 0.895 bits per heavy atom. The Morgan fingerprint density at radius 3 is 2.37 bits per heavy atom. The molecule has 3 heteroatoms. The molecule has 2 aliphatic heterocycles. The summed E-state index contributed by atoms with van der Waals surface area (Å²) in [7, 11) is 0. The van der Waals surface area contributed by atoms with Gasteiger partial charge in [0.05, 0.1) is 5.60 Å². The van der Waals surface area contributed by atoms with Crippen molar-refractivity contribution in [2.75, 3.05) is 19.8 Å². The van der Waals surface area contributed by atoms with E-state index in [1.54, 1.807) is 0 Å². The van der Waals surface area contributed by atoms with E-state index < -0.39 is 0 Å². The highest BCUT2D eigenvalue weighted by Crippen LogP contribution is 2.40. The summed E-state index contributed by atoms with van der Waals surface area (Å²) in [6.45, 7) is 2.64. The summed E-state index contributed by atoms with van der Waals surface area (Å²) in [5.74, 6) is 1.45. The molecule has 3 rings (SSSR count). The van der Waals surface area contributed by atoms with Crippen LogP contribution in [-0.4, -0.2) is 31.5 Å². The first-order valence-corrected chi connectivity index (χ1v) is 8.26. The van der Waals surface area contributed by atoms with Crippen LogP contribution >= 0.6 is 0 Å². The van der Waals surface area contributed by atoms with Crippen molar-refractivity contribution in [1.82, 2.24) is 0 Å². The minimum atomic E-state index is 0.105. The van der Waals surface area contributed by atoms with Crippen molar-refractivity contribution in [2.45, 2.75) is 69.4 Å². The van der Waals surface area contributed by atoms with Gasteiger partial charge in [-0.25, -0.2) is 0 Å². The van der Waals surface area contributed by atoms with Crippen molar-refractivity contribution in [1.29, 1.82) is 0 Å². The van der Waals surface area contributed by atoms with Gasteiger partial charge in [-0.3, -0.25) is 0 Å². The van der Waals surface area contributed by atoms with Gasteiger partial charge in [0.2, 0.25) is 0 Å². The zero-order valence-electron chi connectivity index (χ0n) is 12.1. The molecule has 3 nitrogen and oxygen atoms in total. The first kappa shape index (κ1) is 13.8. The van der Waals surface area contributed by atoms with Crippen molar-refractivity contribution >= 4 is 0 Å². The quantitative estimate of drug-likeness (QED) is 0.836. The zero-order valence-corrected chi connectivity index (χ0v) is 12.1. The van der Waals surface area contributed by atoms with Gasteiger partial charge in [-0.2, -0.15) is 0 Å². The van der Waals surface area contributed by atoms with E-state index in [4.69, 9.17) is 15.2 Å². The average molecular weight is 267 g/mol. The van der Waals surface area contributed by atoms with E-state index in [2.05, 4.69) is 0 Å². The maximum atomic E-state index is 6.63. The number of ether oxygens (including phenoxy) is 2. The summed E-state index contributed by atoms with van der Waals surface area (Å²) in [5.41, 5.74) is 6.73. The Hall–Kier alpha value is -0.120. The fourth-order valence-electron chi connectivity index (χ4n) is 4.39. The molecule has 2 unspecified atom stereocenters. The molecule has 2 heterocycles. The van der Waals surface area contributed by atoms with E-state index >= 15 is 0 Å². The molecule has 1 saturated carbocycles. The first-order chi connectivity index (χ1) is 9.29. The number of nitrogens with two attached hydrogens (primary N) is 1. The second-order valence-electron chi connectivity index (χ2n) is 6.87. The molecule has 19 heavy (non-hydrogen) atoms. The van der Waals surface area contributed by atoms with Gasteiger partial charge < -0.3 is 15.2 Å². The fraction of sp³-hybridized carbons (Fsp3) is 1.00. The van der Waals surface area contributed by atoms with Crippen molar-refractivity contribution in [3.05, 3.63) is 0 Å². The van der Waals surface area contributed by atoms with Crippen LogP contribution in [-0.2, 0) is 9.47 Å². The van der Waals surface area contributed by atoms with Gasteiger partial charge in [0.1, 0.15) is 0 Å². The van der Waals surface area contributed by atoms with E-state index in [1.807, 2.05) is 0 Å². The molecule has 3 aliphatic rings. The number of hydrogen-bond acceptors (Lipinski definition) is 3. The molecule has 2 saturated heterocycles. The molecule has 3 fully saturated rings. The highest BCUT2D eigenvalue weighted by atomic mass is 16.5. The van der Waals surface area contributed by atoms with Gasteiger partial charge in [0, 0.05) is 25.9 Å². The molecule has 0 aromatic heterocycles. The molecule has 1 spiro atoms. The van der Waals surface area contributed by atoms with Crippen molar-refractivity contribution in [3.8, 4) is 0 Å². The van der Waals surface area contributed by atoms with Crippen LogP contribution in [0, 0.1) is 11.8 Å². The standard InChI is InChI=1S/C16H29NO2/c17-15(13-4-2-1-3-5-13)14-6-9-19-16(12-14)7-10-18-11-8-16/h13-15H,1-12,17H2.